The number of aliphatic hydroxyl groups excluding tert-OH is 2. The van der Waals surface area contributed by atoms with Crippen molar-refractivity contribution in [3.05, 3.63) is 60.8 Å². The summed E-state index contributed by atoms with van der Waals surface area (Å²) in [5.41, 5.74) is 0. The van der Waals surface area contributed by atoms with Crippen molar-refractivity contribution in [3.63, 3.8) is 0 Å². The van der Waals surface area contributed by atoms with Gasteiger partial charge in [-0.3, -0.25) is 9.59 Å². The monoisotopic (exact) mass is 896 g/mol. The van der Waals surface area contributed by atoms with Gasteiger partial charge in [0.1, 0.15) is 6.10 Å². The van der Waals surface area contributed by atoms with Gasteiger partial charge < -0.3 is 20.3 Å². The van der Waals surface area contributed by atoms with Crippen molar-refractivity contribution in [3.8, 4) is 0 Å². The van der Waals surface area contributed by atoms with E-state index in [1.54, 1.807) is 0 Å². The minimum atomic E-state index is -0.802. The molecular weight excluding hydrogens is 791 g/mol. The topological polar surface area (TPSA) is 95.9 Å². The van der Waals surface area contributed by atoms with E-state index in [2.05, 4.69) is 86.8 Å². The second-order valence-electron chi connectivity index (χ2n) is 18.7. The lowest BCUT2D eigenvalue weighted by atomic mass is 10.0. The molecule has 0 aliphatic heterocycles. The van der Waals surface area contributed by atoms with Gasteiger partial charge in [-0.2, -0.15) is 0 Å². The van der Waals surface area contributed by atoms with Crippen molar-refractivity contribution in [2.75, 3.05) is 6.61 Å². The molecule has 6 nitrogen and oxygen atoms in total. The molecule has 3 unspecified atom stereocenters. The highest BCUT2D eigenvalue weighted by Crippen LogP contribution is 2.17. The van der Waals surface area contributed by atoms with Crippen molar-refractivity contribution < 1.29 is 24.5 Å². The van der Waals surface area contributed by atoms with Crippen LogP contribution in [-0.4, -0.2) is 46.9 Å². The van der Waals surface area contributed by atoms with Crippen molar-refractivity contribution in [2.24, 2.45) is 0 Å². The van der Waals surface area contributed by atoms with Gasteiger partial charge in [0, 0.05) is 6.42 Å². The van der Waals surface area contributed by atoms with Crippen LogP contribution >= 0.6 is 0 Å². The smallest absolute Gasteiger partial charge is 0.306 e. The Morgan fingerprint density at radius 2 is 0.844 bits per heavy atom. The van der Waals surface area contributed by atoms with E-state index in [0.717, 1.165) is 77.0 Å². The number of allylic oxidation sites excluding steroid dienone is 10. The molecule has 0 aliphatic rings. The zero-order chi connectivity index (χ0) is 46.7. The Bertz CT molecular complexity index is 1140. The van der Waals surface area contributed by atoms with Gasteiger partial charge >= 0.3 is 5.97 Å². The Kier molecular flexibility index (Phi) is 49.6. The van der Waals surface area contributed by atoms with E-state index in [4.69, 9.17) is 4.74 Å². The van der Waals surface area contributed by atoms with E-state index >= 15 is 0 Å². The molecule has 3 atom stereocenters. The highest BCUT2D eigenvalue weighted by Gasteiger charge is 2.24. The third kappa shape index (κ3) is 46.1. The molecule has 0 bridgehead atoms. The van der Waals surface area contributed by atoms with Crippen LogP contribution in [0.15, 0.2) is 60.8 Å². The van der Waals surface area contributed by atoms with E-state index in [9.17, 15) is 19.8 Å². The molecule has 0 radical (unpaired) electrons. The minimum absolute atomic E-state index is 0.0463. The van der Waals surface area contributed by atoms with Gasteiger partial charge in [0.05, 0.1) is 25.2 Å². The molecule has 0 aliphatic carbocycles. The van der Waals surface area contributed by atoms with Crippen LogP contribution in [0.5, 0.6) is 0 Å². The van der Waals surface area contributed by atoms with Crippen LogP contribution in [0.4, 0.5) is 0 Å². The zero-order valence-electron chi connectivity index (χ0n) is 42.4. The van der Waals surface area contributed by atoms with Gasteiger partial charge in [0.25, 0.3) is 0 Å². The van der Waals surface area contributed by atoms with Crippen molar-refractivity contribution in [2.45, 2.75) is 289 Å². The quantitative estimate of drug-likeness (QED) is 0.0245. The lowest BCUT2D eigenvalue weighted by Gasteiger charge is -2.24. The van der Waals surface area contributed by atoms with Gasteiger partial charge in [-0.15, -0.1) is 0 Å². The molecular formula is C58H105NO5. The molecule has 0 spiro atoms. The first-order chi connectivity index (χ1) is 31.5. The van der Waals surface area contributed by atoms with Crippen LogP contribution < -0.4 is 5.32 Å². The van der Waals surface area contributed by atoms with Gasteiger partial charge in [0.15, 0.2) is 0 Å². The summed E-state index contributed by atoms with van der Waals surface area (Å²) < 4.78 is 5.92. The summed E-state index contributed by atoms with van der Waals surface area (Å²) >= 11 is 0. The summed E-state index contributed by atoms with van der Waals surface area (Å²) in [6.45, 7) is 6.43. The average molecular weight is 896 g/mol. The van der Waals surface area contributed by atoms with Crippen molar-refractivity contribution in [1.82, 2.24) is 5.32 Å². The molecule has 0 rings (SSSR count). The Labute approximate surface area is 397 Å². The van der Waals surface area contributed by atoms with Crippen molar-refractivity contribution >= 4 is 11.9 Å². The summed E-state index contributed by atoms with van der Waals surface area (Å²) in [5.74, 6) is -0.521. The normalized spacial score (nSPS) is 13.6. The highest BCUT2D eigenvalue weighted by atomic mass is 16.5. The van der Waals surface area contributed by atoms with Crippen LogP contribution in [0.1, 0.15) is 271 Å². The standard InChI is InChI=1S/C58H105NO5/c1-4-7-10-13-16-19-22-25-28-31-34-37-40-43-46-49-54(64-58(63)51-48-45-42-39-36-33-30-27-24-21-18-15-12-9-6-3)52-57(62)59-55(53-60)56(61)50-47-44-41-38-35-32-29-26-23-20-17-14-11-8-5-2/h16,18-19,21,24-25,27-28,34,37,54-56,60-61H,4-15,17,20,22-23,26,29-33,35-36,38-53H2,1-3H3,(H,59,62)/b19-16-,21-18+,27-24+,28-25-,37-34-. The van der Waals surface area contributed by atoms with Crippen LogP contribution in [0.3, 0.4) is 0 Å². The number of rotatable bonds is 49. The van der Waals surface area contributed by atoms with E-state index in [1.807, 2.05) is 0 Å². The maximum absolute atomic E-state index is 13.2. The largest absolute Gasteiger partial charge is 0.462 e. The first-order valence-electron chi connectivity index (χ1n) is 27.5. The molecule has 0 aromatic heterocycles. The Hall–Kier alpha value is -2.44. The molecule has 0 fully saturated rings. The molecule has 0 saturated heterocycles. The van der Waals surface area contributed by atoms with Crippen LogP contribution in [0.2, 0.25) is 0 Å². The number of unbranched alkanes of at least 4 members (excludes halogenated alkanes) is 28. The molecule has 0 aromatic rings. The number of carbonyl (C=O) groups is 2. The van der Waals surface area contributed by atoms with E-state index in [0.29, 0.717) is 19.3 Å². The first kappa shape index (κ1) is 61.6. The van der Waals surface area contributed by atoms with Gasteiger partial charge in [-0.05, 0) is 89.9 Å². The molecule has 0 saturated carbocycles. The molecule has 6 heteroatoms. The number of ether oxygens (including phenoxy) is 1. The SMILES string of the molecule is CCCCC/C=C\C/C=C\C/C=C\CCCCC(CC(=O)NC(CO)C(O)CCCCCCCCCCCCCCCCC)OC(=O)CCCCCCCC/C=C/C=C/CCCCC. The predicted molar refractivity (Wildman–Crippen MR) is 278 cm³/mol. The van der Waals surface area contributed by atoms with Gasteiger partial charge in [0.2, 0.25) is 5.91 Å². The number of amides is 1. The molecule has 3 N–H and O–H groups in total. The number of carbonyl (C=O) groups excluding carboxylic acids is 2. The minimum Gasteiger partial charge on any atom is -0.462 e. The summed E-state index contributed by atoms with van der Waals surface area (Å²) in [6.07, 6.45) is 64.2. The summed E-state index contributed by atoms with van der Waals surface area (Å²) in [7, 11) is 0. The number of hydrogen-bond acceptors (Lipinski definition) is 5. The van der Waals surface area contributed by atoms with E-state index in [1.165, 1.54) is 148 Å². The summed E-state index contributed by atoms with van der Waals surface area (Å²) in [4.78, 5) is 26.2. The maximum atomic E-state index is 13.2. The number of nitrogens with one attached hydrogen (secondary N) is 1. The van der Waals surface area contributed by atoms with Gasteiger partial charge in [-0.1, -0.05) is 229 Å². The highest BCUT2D eigenvalue weighted by molar-refractivity contribution is 5.77. The van der Waals surface area contributed by atoms with Crippen molar-refractivity contribution in [1.29, 1.82) is 0 Å². The fraction of sp³-hybridized carbons (Fsp3) is 0.793. The third-order valence-corrected chi connectivity index (χ3v) is 12.3. The fourth-order valence-corrected chi connectivity index (χ4v) is 8.13. The molecule has 64 heavy (non-hydrogen) atoms. The predicted octanol–water partition coefficient (Wildman–Crippen LogP) is 16.8. The number of esters is 1. The number of aliphatic hydroxyl groups is 2. The summed E-state index contributed by atoms with van der Waals surface area (Å²) in [6, 6.07) is -0.718. The average Bonchev–Trinajstić information content (AvgIpc) is 3.29. The second kappa shape index (κ2) is 51.5. The lowest BCUT2D eigenvalue weighted by molar-refractivity contribution is -0.151. The fourth-order valence-electron chi connectivity index (χ4n) is 8.13. The molecule has 1 amide bonds. The van der Waals surface area contributed by atoms with Crippen LogP contribution in [0, 0.1) is 0 Å². The Balaban J connectivity index is 4.64. The lowest BCUT2D eigenvalue weighted by Crippen LogP contribution is -2.46. The van der Waals surface area contributed by atoms with Gasteiger partial charge in [-0.25, -0.2) is 0 Å². The molecule has 0 heterocycles. The molecule has 372 valence electrons. The van der Waals surface area contributed by atoms with Crippen LogP contribution in [0.25, 0.3) is 0 Å². The molecule has 0 aromatic carbocycles. The zero-order valence-corrected chi connectivity index (χ0v) is 42.4. The summed E-state index contributed by atoms with van der Waals surface area (Å²) in [5, 5.41) is 23.8. The Morgan fingerprint density at radius 1 is 0.469 bits per heavy atom. The van der Waals surface area contributed by atoms with E-state index in [-0.39, 0.29) is 24.9 Å². The third-order valence-electron chi connectivity index (χ3n) is 12.3. The first-order valence-corrected chi connectivity index (χ1v) is 27.5. The maximum Gasteiger partial charge on any atom is 0.306 e. The Morgan fingerprint density at radius 3 is 1.34 bits per heavy atom. The van der Waals surface area contributed by atoms with E-state index < -0.39 is 18.2 Å². The number of hydrogen-bond donors (Lipinski definition) is 3. The second-order valence-corrected chi connectivity index (χ2v) is 18.7. The van der Waals surface area contributed by atoms with Crippen LogP contribution in [-0.2, 0) is 14.3 Å².